The van der Waals surface area contributed by atoms with E-state index in [1.165, 1.54) is 11.4 Å². The summed E-state index contributed by atoms with van der Waals surface area (Å²) in [7, 11) is -2.63. The lowest BCUT2D eigenvalue weighted by atomic mass is 10.2. The molecule has 1 aromatic carbocycles. The van der Waals surface area contributed by atoms with Gasteiger partial charge in [0.1, 0.15) is 6.04 Å². The number of esters is 1. The molecule has 1 aliphatic rings. The van der Waals surface area contributed by atoms with Gasteiger partial charge >= 0.3 is 5.97 Å². The highest BCUT2D eigenvalue weighted by molar-refractivity contribution is 7.89. The quantitative estimate of drug-likeness (QED) is 0.604. The molecule has 1 heterocycles. The minimum absolute atomic E-state index is 0.0511. The summed E-state index contributed by atoms with van der Waals surface area (Å²) >= 11 is 0. The van der Waals surface area contributed by atoms with Gasteiger partial charge in [-0.2, -0.15) is 4.31 Å². The number of sulfonamides is 1. The molecule has 0 aliphatic carbocycles. The smallest absolute Gasteiger partial charge is 0.325 e. The first-order valence-electron chi connectivity index (χ1n) is 8.25. The zero-order chi connectivity index (χ0) is 19.0. The molecule has 0 fully saturated rings. The molecule has 1 unspecified atom stereocenters. The van der Waals surface area contributed by atoms with E-state index in [1.54, 1.807) is 36.4 Å². The fourth-order valence-corrected chi connectivity index (χ4v) is 4.10. The first-order valence-corrected chi connectivity index (χ1v) is 9.69. The fourth-order valence-electron chi connectivity index (χ4n) is 2.48. The Labute approximate surface area is 155 Å². The Bertz CT molecular complexity index is 893. The minimum atomic E-state index is -3.87. The van der Waals surface area contributed by atoms with E-state index in [4.69, 9.17) is 4.74 Å². The van der Waals surface area contributed by atoms with E-state index in [2.05, 4.69) is 23.7 Å². The van der Waals surface area contributed by atoms with Gasteiger partial charge in [0.15, 0.2) is 0 Å². The van der Waals surface area contributed by atoms with Crippen LogP contribution in [0.15, 0.2) is 41.3 Å². The zero-order valence-corrected chi connectivity index (χ0v) is 15.7. The maximum Gasteiger partial charge on any atom is 0.325 e. The Balaban J connectivity index is 2.46. The minimum Gasteiger partial charge on any atom is -0.468 e. The van der Waals surface area contributed by atoms with Crippen LogP contribution in [0.25, 0.3) is 0 Å². The summed E-state index contributed by atoms with van der Waals surface area (Å²) in [5, 5.41) is 0. The molecule has 0 amide bonds. The number of carbonyl (C=O) groups excluding carboxylic acids is 1. The van der Waals surface area contributed by atoms with Gasteiger partial charge in [0, 0.05) is 19.4 Å². The maximum atomic E-state index is 13.2. The van der Waals surface area contributed by atoms with Crippen molar-refractivity contribution in [1.29, 1.82) is 0 Å². The number of hydrogen-bond donors (Lipinski definition) is 0. The molecule has 0 saturated carbocycles. The van der Waals surface area contributed by atoms with Gasteiger partial charge in [-0.25, -0.2) is 8.42 Å². The lowest BCUT2D eigenvalue weighted by Gasteiger charge is -2.28. The molecule has 0 radical (unpaired) electrons. The van der Waals surface area contributed by atoms with Crippen molar-refractivity contribution in [2.24, 2.45) is 0 Å². The highest BCUT2D eigenvalue weighted by Crippen LogP contribution is 2.22. The summed E-state index contributed by atoms with van der Waals surface area (Å²) in [4.78, 5) is 12.4. The molecule has 2 rings (SSSR count). The van der Waals surface area contributed by atoms with Crippen molar-refractivity contribution >= 4 is 16.0 Å². The number of allylic oxidation sites excluding steroid dienone is 2. The van der Waals surface area contributed by atoms with E-state index < -0.39 is 22.0 Å². The average Bonchev–Trinajstić information content (AvgIpc) is 2.61. The van der Waals surface area contributed by atoms with Crippen LogP contribution in [0.3, 0.4) is 0 Å². The zero-order valence-electron chi connectivity index (χ0n) is 14.9. The Morgan fingerprint density at radius 2 is 1.81 bits per heavy atom. The van der Waals surface area contributed by atoms with E-state index in [0.29, 0.717) is 12.8 Å². The topological polar surface area (TPSA) is 63.7 Å². The van der Waals surface area contributed by atoms with Crippen molar-refractivity contribution in [3.05, 3.63) is 42.0 Å². The number of aryl methyl sites for hydroxylation is 1. The summed E-state index contributed by atoms with van der Waals surface area (Å²) < 4.78 is 32.4. The number of carbonyl (C=O) groups is 1. The van der Waals surface area contributed by atoms with Crippen LogP contribution < -0.4 is 0 Å². The standard InChI is InChI=1S/C20H21NO4S/c1-17-12-14-18(15-13-17)26(23,24)21-16-10-8-6-4-3-5-7-9-11-19(21)20(22)25-2/h3,5,12-15,19H,8,10-11,16H2,1-2H3/b5-3+. The molecule has 136 valence electrons. The predicted octanol–water partition coefficient (Wildman–Crippen LogP) is 2.27. The molecule has 5 nitrogen and oxygen atoms in total. The Hall–Kier alpha value is -2.54. The highest BCUT2D eigenvalue weighted by Gasteiger charge is 2.35. The van der Waals surface area contributed by atoms with Crippen LogP contribution in [0.2, 0.25) is 0 Å². The van der Waals surface area contributed by atoms with Crippen molar-refractivity contribution in [1.82, 2.24) is 4.31 Å². The van der Waals surface area contributed by atoms with Gasteiger partial charge in [0.2, 0.25) is 10.0 Å². The molecule has 0 saturated heterocycles. The molecule has 0 spiro atoms. The second-order valence-corrected chi connectivity index (χ2v) is 7.64. The van der Waals surface area contributed by atoms with Crippen molar-refractivity contribution < 1.29 is 17.9 Å². The number of methoxy groups -OCH3 is 1. The molecule has 1 aliphatic heterocycles. The Morgan fingerprint density at radius 1 is 1.15 bits per heavy atom. The average molecular weight is 371 g/mol. The molecule has 6 heteroatoms. The van der Waals surface area contributed by atoms with Crippen LogP contribution in [-0.2, 0) is 19.6 Å². The summed E-state index contributed by atoms with van der Waals surface area (Å²) in [6, 6.07) is 5.55. The lowest BCUT2D eigenvalue weighted by molar-refractivity contribution is -0.145. The summed E-state index contributed by atoms with van der Waals surface area (Å²) in [5.41, 5.74) is 0.954. The van der Waals surface area contributed by atoms with Crippen LogP contribution in [-0.4, -0.2) is 38.4 Å². The Morgan fingerprint density at radius 3 is 2.46 bits per heavy atom. The monoisotopic (exact) mass is 371 g/mol. The molecule has 0 bridgehead atoms. The summed E-state index contributed by atoms with van der Waals surface area (Å²) in [5.74, 6) is 10.8. The van der Waals surface area contributed by atoms with Crippen molar-refractivity contribution in [3.63, 3.8) is 0 Å². The van der Waals surface area contributed by atoms with Crippen LogP contribution in [0.4, 0.5) is 0 Å². The molecule has 0 N–H and O–H groups in total. The number of hydrogen-bond acceptors (Lipinski definition) is 4. The van der Waals surface area contributed by atoms with Crippen molar-refractivity contribution in [3.8, 4) is 23.7 Å². The lowest BCUT2D eigenvalue weighted by Crippen LogP contribution is -2.46. The number of rotatable bonds is 3. The summed E-state index contributed by atoms with van der Waals surface area (Å²) in [6.07, 6.45) is 4.30. The van der Waals surface area contributed by atoms with Gasteiger partial charge in [-0.3, -0.25) is 4.79 Å². The molecule has 1 atom stereocenters. The SMILES string of the molecule is COC(=O)C1CC#C/C=C/C#CCCCN1S(=O)(=O)c1ccc(C)cc1. The van der Waals surface area contributed by atoms with Crippen molar-refractivity contribution in [2.45, 2.75) is 37.1 Å². The van der Waals surface area contributed by atoms with Crippen LogP contribution in [0.5, 0.6) is 0 Å². The third-order valence-corrected chi connectivity index (χ3v) is 5.80. The molecule has 1 aromatic rings. The number of benzene rings is 1. The van der Waals surface area contributed by atoms with E-state index in [1.807, 2.05) is 6.92 Å². The Kier molecular flexibility index (Phi) is 7.03. The summed E-state index contributed by atoms with van der Waals surface area (Å²) in [6.45, 7) is 2.04. The largest absolute Gasteiger partial charge is 0.468 e. The second-order valence-electron chi connectivity index (χ2n) is 5.75. The van der Waals surface area contributed by atoms with Gasteiger partial charge in [-0.1, -0.05) is 41.4 Å². The fraction of sp³-hybridized carbons (Fsp3) is 0.350. The third-order valence-electron chi connectivity index (χ3n) is 3.88. The molecule has 26 heavy (non-hydrogen) atoms. The van der Waals surface area contributed by atoms with E-state index in [9.17, 15) is 13.2 Å². The first-order chi connectivity index (χ1) is 12.5. The maximum absolute atomic E-state index is 13.2. The van der Waals surface area contributed by atoms with Crippen LogP contribution >= 0.6 is 0 Å². The van der Waals surface area contributed by atoms with Crippen molar-refractivity contribution in [2.75, 3.05) is 13.7 Å². The van der Waals surface area contributed by atoms with E-state index in [-0.39, 0.29) is 17.9 Å². The van der Waals surface area contributed by atoms with E-state index >= 15 is 0 Å². The van der Waals surface area contributed by atoms with Gasteiger partial charge in [-0.05, 0) is 37.6 Å². The van der Waals surface area contributed by atoms with Gasteiger partial charge < -0.3 is 4.74 Å². The third kappa shape index (κ3) is 4.98. The van der Waals surface area contributed by atoms with E-state index in [0.717, 1.165) is 5.56 Å². The second kappa shape index (κ2) is 9.24. The highest BCUT2D eigenvalue weighted by atomic mass is 32.2. The molecular weight excluding hydrogens is 350 g/mol. The first kappa shape index (κ1) is 19.8. The van der Waals surface area contributed by atoms with Crippen LogP contribution in [0, 0.1) is 30.6 Å². The van der Waals surface area contributed by atoms with Gasteiger partial charge in [0.05, 0.1) is 12.0 Å². The van der Waals surface area contributed by atoms with Gasteiger partial charge in [0.25, 0.3) is 0 Å². The predicted molar refractivity (Wildman–Crippen MR) is 99.4 cm³/mol. The molecular formula is C20H21NO4S. The molecule has 0 aromatic heterocycles. The van der Waals surface area contributed by atoms with Crippen LogP contribution in [0.1, 0.15) is 24.8 Å². The number of nitrogens with zero attached hydrogens (tertiary/aromatic N) is 1. The normalized spacial score (nSPS) is 19.5. The van der Waals surface area contributed by atoms with Gasteiger partial charge in [-0.15, -0.1) is 0 Å². The number of ether oxygens (including phenoxy) is 1.